The Morgan fingerprint density at radius 1 is 1.13 bits per heavy atom. The molecule has 1 aromatic carbocycles. The van der Waals surface area contributed by atoms with Gasteiger partial charge < -0.3 is 11.5 Å². The Morgan fingerprint density at radius 3 is 2.65 bits per heavy atom. The maximum absolute atomic E-state index is 14.2. The number of ketones is 1. The van der Waals surface area contributed by atoms with Gasteiger partial charge in [-0.3, -0.25) is 9.78 Å². The number of carbonyl (C=O) groups is 1. The van der Waals surface area contributed by atoms with E-state index in [1.54, 1.807) is 12.4 Å². The van der Waals surface area contributed by atoms with Crippen molar-refractivity contribution in [2.45, 2.75) is 31.7 Å². The van der Waals surface area contributed by atoms with Gasteiger partial charge in [0, 0.05) is 24.9 Å². The molecule has 158 valence electrons. The molecule has 1 atom stereocenters. The molecular weight excluding hydrogens is 398 g/mol. The molecule has 0 bridgehead atoms. The van der Waals surface area contributed by atoms with Crippen LogP contribution in [0.4, 0.5) is 14.5 Å². The molecule has 2 heterocycles. The highest BCUT2D eigenvalue weighted by atomic mass is 19.1. The number of pyridine rings is 2. The lowest BCUT2D eigenvalue weighted by molar-refractivity contribution is 0.0989. The van der Waals surface area contributed by atoms with E-state index in [1.807, 2.05) is 12.1 Å². The highest BCUT2D eigenvalue weighted by Gasteiger charge is 2.20. The molecule has 3 aromatic rings. The smallest absolute Gasteiger partial charge is 0.187 e. The molecule has 0 aliphatic heterocycles. The number of rotatable bonds is 5. The van der Waals surface area contributed by atoms with E-state index >= 15 is 0 Å². The number of carbonyl (C=O) groups excluding carboxylic acids is 1. The van der Waals surface area contributed by atoms with Crippen molar-refractivity contribution in [3.63, 3.8) is 0 Å². The number of allylic oxidation sites excluding steroid dienone is 1. The normalized spacial score (nSPS) is 16.1. The summed E-state index contributed by atoms with van der Waals surface area (Å²) in [5.41, 5.74) is 14.7. The number of aromatic nitrogens is 2. The van der Waals surface area contributed by atoms with Crippen LogP contribution in [0.15, 0.2) is 54.9 Å². The fourth-order valence-corrected chi connectivity index (χ4v) is 3.89. The lowest BCUT2D eigenvalue weighted by atomic mass is 9.88. The molecule has 1 aliphatic rings. The topological polar surface area (TPSA) is 94.9 Å². The highest BCUT2D eigenvalue weighted by Crippen LogP contribution is 2.30. The van der Waals surface area contributed by atoms with Crippen molar-refractivity contribution in [3.8, 4) is 11.3 Å². The number of hydrogen-bond acceptors (Lipinski definition) is 5. The molecule has 4 rings (SSSR count). The number of nitrogens with zero attached hydrogens (tertiary/aromatic N) is 2. The minimum Gasteiger partial charge on any atom is -0.397 e. The molecule has 2 aromatic heterocycles. The van der Waals surface area contributed by atoms with Crippen molar-refractivity contribution in [2.24, 2.45) is 5.73 Å². The molecular formula is C24H22F2N4O. The fraction of sp³-hybridized carbons (Fsp3) is 0.208. The molecule has 4 N–H and O–H groups in total. The molecule has 0 fully saturated rings. The molecule has 1 aliphatic carbocycles. The molecule has 0 amide bonds. The van der Waals surface area contributed by atoms with Crippen LogP contribution in [0, 0.1) is 11.6 Å². The van der Waals surface area contributed by atoms with Gasteiger partial charge in [-0.2, -0.15) is 0 Å². The van der Waals surface area contributed by atoms with Crippen LogP contribution in [-0.4, -0.2) is 21.8 Å². The first-order chi connectivity index (χ1) is 14.9. The monoisotopic (exact) mass is 420 g/mol. The first-order valence-electron chi connectivity index (χ1n) is 10.1. The highest BCUT2D eigenvalue weighted by molar-refractivity contribution is 6.01. The second kappa shape index (κ2) is 8.73. The zero-order valence-electron chi connectivity index (χ0n) is 16.8. The van der Waals surface area contributed by atoms with Gasteiger partial charge >= 0.3 is 0 Å². The van der Waals surface area contributed by atoms with Crippen LogP contribution in [0.2, 0.25) is 0 Å². The summed E-state index contributed by atoms with van der Waals surface area (Å²) in [7, 11) is 0. The van der Waals surface area contributed by atoms with Crippen molar-refractivity contribution in [1.82, 2.24) is 9.97 Å². The van der Waals surface area contributed by atoms with Gasteiger partial charge in [-0.25, -0.2) is 13.8 Å². The third kappa shape index (κ3) is 4.36. The second-order valence-corrected chi connectivity index (χ2v) is 7.61. The number of nitrogen functional groups attached to an aromatic ring is 1. The number of halogens is 2. The maximum atomic E-state index is 14.2. The Balaban J connectivity index is 1.68. The first-order valence-corrected chi connectivity index (χ1v) is 10.1. The molecule has 0 saturated carbocycles. The molecule has 5 nitrogen and oxygen atoms in total. The van der Waals surface area contributed by atoms with Crippen LogP contribution >= 0.6 is 0 Å². The Labute approximate surface area is 178 Å². The summed E-state index contributed by atoms with van der Waals surface area (Å²) >= 11 is 0. The predicted molar refractivity (Wildman–Crippen MR) is 116 cm³/mol. The summed E-state index contributed by atoms with van der Waals surface area (Å²) in [6.07, 6.45) is 8.15. The zero-order chi connectivity index (χ0) is 22.0. The molecule has 0 radical (unpaired) electrons. The Bertz CT molecular complexity index is 1160. The van der Waals surface area contributed by atoms with Crippen molar-refractivity contribution in [1.29, 1.82) is 0 Å². The average molecular weight is 420 g/mol. The standard InChI is InChI=1S/C24H22F2N4O/c25-18-5-2-6-19(26)23(18)21-8-7-20(28)24(30-21)22(31)12-15-13-29-10-9-17(15)14-3-1-4-16(27)11-14/h2,5-11,13,16H,1,3-4,12,27-28H2. The summed E-state index contributed by atoms with van der Waals surface area (Å²) in [5.74, 6) is -1.87. The number of Topliss-reactive ketones (excluding diaryl/α,β-unsaturated/α-hetero) is 1. The van der Waals surface area contributed by atoms with Crippen molar-refractivity contribution >= 4 is 17.0 Å². The third-order valence-electron chi connectivity index (χ3n) is 5.41. The number of hydrogen-bond donors (Lipinski definition) is 2. The Kier molecular flexibility index (Phi) is 5.86. The van der Waals surface area contributed by atoms with Gasteiger partial charge in [-0.15, -0.1) is 0 Å². The van der Waals surface area contributed by atoms with E-state index < -0.39 is 11.6 Å². The van der Waals surface area contributed by atoms with E-state index in [9.17, 15) is 13.6 Å². The van der Waals surface area contributed by atoms with Crippen molar-refractivity contribution < 1.29 is 13.6 Å². The van der Waals surface area contributed by atoms with E-state index in [2.05, 4.69) is 9.97 Å². The van der Waals surface area contributed by atoms with Gasteiger partial charge in [-0.05, 0) is 66.3 Å². The Hall–Kier alpha value is -3.45. The average Bonchev–Trinajstić information content (AvgIpc) is 2.75. The first kappa shape index (κ1) is 20.8. The molecule has 1 unspecified atom stereocenters. The van der Waals surface area contributed by atoms with E-state index in [0.29, 0.717) is 0 Å². The van der Waals surface area contributed by atoms with Crippen molar-refractivity contribution in [3.05, 3.63) is 83.3 Å². The lowest BCUT2D eigenvalue weighted by Crippen LogP contribution is -2.20. The van der Waals surface area contributed by atoms with Gasteiger partial charge in [0.25, 0.3) is 0 Å². The Morgan fingerprint density at radius 2 is 1.90 bits per heavy atom. The maximum Gasteiger partial charge on any atom is 0.187 e. The summed E-state index contributed by atoms with van der Waals surface area (Å²) < 4.78 is 28.4. The quantitative estimate of drug-likeness (QED) is 0.600. The van der Waals surface area contributed by atoms with Crippen LogP contribution in [0.1, 0.15) is 40.9 Å². The van der Waals surface area contributed by atoms with Crippen LogP contribution in [0.3, 0.4) is 0 Å². The zero-order valence-corrected chi connectivity index (χ0v) is 16.8. The lowest BCUT2D eigenvalue weighted by Gasteiger charge is -2.20. The number of nitrogens with two attached hydrogens (primary N) is 2. The van der Waals surface area contributed by atoms with E-state index in [0.717, 1.165) is 48.1 Å². The van der Waals surface area contributed by atoms with Gasteiger partial charge in [0.1, 0.15) is 17.3 Å². The van der Waals surface area contributed by atoms with Gasteiger partial charge in [-0.1, -0.05) is 12.1 Å². The molecule has 7 heteroatoms. The molecule has 0 saturated heterocycles. The van der Waals surface area contributed by atoms with Gasteiger partial charge in [0.05, 0.1) is 16.9 Å². The molecule has 0 spiro atoms. The van der Waals surface area contributed by atoms with Gasteiger partial charge in [0.2, 0.25) is 0 Å². The summed E-state index contributed by atoms with van der Waals surface area (Å²) in [6, 6.07) is 8.25. The fourth-order valence-electron chi connectivity index (χ4n) is 3.89. The SMILES string of the molecule is Nc1ccc(-c2c(F)cccc2F)nc1C(=O)Cc1cnccc1C1=CC(N)CCC1. The van der Waals surface area contributed by atoms with Crippen molar-refractivity contribution in [2.75, 3.05) is 5.73 Å². The summed E-state index contributed by atoms with van der Waals surface area (Å²) in [6.45, 7) is 0. The molecule has 31 heavy (non-hydrogen) atoms. The van der Waals surface area contributed by atoms with Crippen LogP contribution in [0.5, 0.6) is 0 Å². The second-order valence-electron chi connectivity index (χ2n) is 7.61. The van der Waals surface area contributed by atoms with Crippen LogP contribution in [-0.2, 0) is 6.42 Å². The van der Waals surface area contributed by atoms with Crippen LogP contribution < -0.4 is 11.5 Å². The summed E-state index contributed by atoms with van der Waals surface area (Å²) in [4.78, 5) is 21.4. The largest absolute Gasteiger partial charge is 0.397 e. The number of benzene rings is 1. The minimum atomic E-state index is -0.759. The summed E-state index contributed by atoms with van der Waals surface area (Å²) in [5, 5.41) is 0. The minimum absolute atomic E-state index is 0.00914. The van der Waals surface area contributed by atoms with E-state index in [-0.39, 0.29) is 40.9 Å². The predicted octanol–water partition coefficient (Wildman–Crippen LogP) is 4.32. The third-order valence-corrected chi connectivity index (χ3v) is 5.41. The van der Waals surface area contributed by atoms with Gasteiger partial charge in [0.15, 0.2) is 5.78 Å². The number of anilines is 1. The van der Waals surface area contributed by atoms with Crippen LogP contribution in [0.25, 0.3) is 16.8 Å². The van der Waals surface area contributed by atoms with E-state index in [4.69, 9.17) is 11.5 Å². The van der Waals surface area contributed by atoms with E-state index in [1.165, 1.54) is 18.2 Å².